The van der Waals surface area contributed by atoms with Crippen molar-refractivity contribution in [1.29, 1.82) is 0 Å². The van der Waals surface area contributed by atoms with Crippen molar-refractivity contribution in [3.05, 3.63) is 89.5 Å². The van der Waals surface area contributed by atoms with E-state index >= 15 is 0 Å². The Balaban J connectivity index is 2.00. The smallest absolute Gasteiger partial charge is 0.0461 e. The summed E-state index contributed by atoms with van der Waals surface area (Å²) in [6, 6.07) is 27.1. The molecule has 3 aromatic rings. The zero-order valence-electron chi connectivity index (χ0n) is 17.8. The van der Waals surface area contributed by atoms with Crippen LogP contribution in [0.4, 0.5) is 17.1 Å². The molecule has 0 fully saturated rings. The number of aryl methyl sites for hydroxylation is 2. The molecular weight excluding hydrogens is 338 g/mol. The summed E-state index contributed by atoms with van der Waals surface area (Å²) in [5, 5.41) is 0. The van der Waals surface area contributed by atoms with E-state index in [1.807, 2.05) is 0 Å². The minimum atomic E-state index is 0.597. The molecule has 1 unspecified atom stereocenters. The molecule has 1 heteroatoms. The summed E-state index contributed by atoms with van der Waals surface area (Å²) < 4.78 is 0. The summed E-state index contributed by atoms with van der Waals surface area (Å²) in [6.07, 6.45) is 4.55. The molecule has 0 bridgehead atoms. The number of hydrogen-bond acceptors (Lipinski definition) is 1. The van der Waals surface area contributed by atoms with E-state index in [1.54, 1.807) is 0 Å². The first kappa shape index (κ1) is 20.2. The van der Waals surface area contributed by atoms with Gasteiger partial charge in [-0.15, -0.1) is 0 Å². The normalized spacial score (nSPS) is 12.0. The second-order valence-electron chi connectivity index (χ2n) is 7.67. The van der Waals surface area contributed by atoms with Crippen molar-refractivity contribution in [3.63, 3.8) is 0 Å². The van der Waals surface area contributed by atoms with Crippen LogP contribution in [0, 0.1) is 0 Å². The van der Waals surface area contributed by atoms with Gasteiger partial charge < -0.3 is 4.90 Å². The summed E-state index contributed by atoms with van der Waals surface area (Å²) in [4.78, 5) is 2.36. The molecule has 3 rings (SSSR count). The predicted octanol–water partition coefficient (Wildman–Crippen LogP) is 8.18. The van der Waals surface area contributed by atoms with Gasteiger partial charge >= 0.3 is 0 Å². The van der Waals surface area contributed by atoms with E-state index < -0.39 is 0 Å². The molecule has 0 aliphatic rings. The molecule has 3 aromatic carbocycles. The molecule has 0 spiro atoms. The number of benzene rings is 3. The van der Waals surface area contributed by atoms with Crippen molar-refractivity contribution < 1.29 is 0 Å². The molecule has 0 aromatic heterocycles. The minimum absolute atomic E-state index is 0.597. The second-order valence-corrected chi connectivity index (χ2v) is 7.67. The van der Waals surface area contributed by atoms with E-state index in [0.29, 0.717) is 5.92 Å². The van der Waals surface area contributed by atoms with Gasteiger partial charge in [-0.3, -0.25) is 0 Å². The fourth-order valence-corrected chi connectivity index (χ4v) is 3.62. The van der Waals surface area contributed by atoms with Gasteiger partial charge in [-0.05, 0) is 78.3 Å². The van der Waals surface area contributed by atoms with Crippen LogP contribution >= 0.6 is 0 Å². The maximum absolute atomic E-state index is 2.36. The summed E-state index contributed by atoms with van der Waals surface area (Å²) >= 11 is 0. The first-order valence-corrected chi connectivity index (χ1v) is 10.7. The van der Waals surface area contributed by atoms with Crippen molar-refractivity contribution in [2.75, 3.05) is 4.90 Å². The lowest BCUT2D eigenvalue weighted by molar-refractivity contribution is 0.733. The lowest BCUT2D eigenvalue weighted by atomic mass is 9.98. The molecule has 1 atom stereocenters. The Morgan fingerprint density at radius 3 is 1.54 bits per heavy atom. The number of rotatable bonds is 8. The summed E-state index contributed by atoms with van der Waals surface area (Å²) in [5.74, 6) is 0.597. The highest BCUT2D eigenvalue weighted by molar-refractivity contribution is 5.76. The van der Waals surface area contributed by atoms with Gasteiger partial charge in [0.2, 0.25) is 0 Å². The highest BCUT2D eigenvalue weighted by atomic mass is 15.1. The quantitative estimate of drug-likeness (QED) is 0.386. The van der Waals surface area contributed by atoms with E-state index in [2.05, 4.69) is 105 Å². The maximum atomic E-state index is 2.36. The molecule has 0 N–H and O–H groups in total. The number of hydrogen-bond donors (Lipinski definition) is 0. The first-order valence-electron chi connectivity index (χ1n) is 10.7. The van der Waals surface area contributed by atoms with Crippen molar-refractivity contribution in [2.24, 2.45) is 0 Å². The van der Waals surface area contributed by atoms with Crippen molar-refractivity contribution in [2.45, 2.75) is 59.3 Å². The average molecular weight is 372 g/mol. The fourth-order valence-electron chi connectivity index (χ4n) is 3.62. The third kappa shape index (κ3) is 4.65. The topological polar surface area (TPSA) is 3.24 Å². The van der Waals surface area contributed by atoms with Gasteiger partial charge in [-0.2, -0.15) is 0 Å². The largest absolute Gasteiger partial charge is 0.311 e. The van der Waals surface area contributed by atoms with Gasteiger partial charge in [0.15, 0.2) is 0 Å². The molecule has 28 heavy (non-hydrogen) atoms. The van der Waals surface area contributed by atoms with E-state index in [1.165, 1.54) is 46.6 Å². The van der Waals surface area contributed by atoms with Gasteiger partial charge in [0.25, 0.3) is 0 Å². The van der Waals surface area contributed by atoms with E-state index in [4.69, 9.17) is 0 Å². The van der Waals surface area contributed by atoms with Gasteiger partial charge in [0.05, 0.1) is 0 Å². The maximum Gasteiger partial charge on any atom is 0.0461 e. The van der Waals surface area contributed by atoms with Gasteiger partial charge in [0, 0.05) is 17.1 Å². The van der Waals surface area contributed by atoms with Crippen molar-refractivity contribution in [3.8, 4) is 0 Å². The average Bonchev–Trinajstić information content (AvgIpc) is 2.76. The molecule has 146 valence electrons. The van der Waals surface area contributed by atoms with Crippen LogP contribution < -0.4 is 4.90 Å². The Kier molecular flexibility index (Phi) is 6.92. The van der Waals surface area contributed by atoms with Crippen molar-refractivity contribution in [1.82, 2.24) is 0 Å². The lowest BCUT2D eigenvalue weighted by Gasteiger charge is -2.26. The molecule has 1 nitrogen and oxygen atoms in total. The highest BCUT2D eigenvalue weighted by Crippen LogP contribution is 2.35. The SMILES string of the molecule is CCCc1ccc(N(c2ccc(CC)cc2)c2ccc(C(C)CC)cc2)cc1. The lowest BCUT2D eigenvalue weighted by Crippen LogP contribution is -2.10. The summed E-state index contributed by atoms with van der Waals surface area (Å²) in [5.41, 5.74) is 7.80. The Morgan fingerprint density at radius 2 is 1.11 bits per heavy atom. The van der Waals surface area contributed by atoms with Crippen LogP contribution in [0.2, 0.25) is 0 Å². The van der Waals surface area contributed by atoms with Crippen LogP contribution in [0.25, 0.3) is 0 Å². The molecule has 0 saturated carbocycles. The van der Waals surface area contributed by atoms with E-state index in [0.717, 1.165) is 12.8 Å². The predicted molar refractivity (Wildman–Crippen MR) is 123 cm³/mol. The third-order valence-corrected chi connectivity index (χ3v) is 5.67. The van der Waals surface area contributed by atoms with Crippen LogP contribution in [0.1, 0.15) is 63.1 Å². The molecule has 0 aliphatic carbocycles. The Morgan fingerprint density at radius 1 is 0.643 bits per heavy atom. The summed E-state index contributed by atoms with van der Waals surface area (Å²) in [6.45, 7) is 8.97. The fraction of sp³-hybridized carbons (Fsp3) is 0.333. The zero-order valence-corrected chi connectivity index (χ0v) is 17.8. The number of anilines is 3. The molecule has 0 amide bonds. The van der Waals surface area contributed by atoms with Crippen LogP contribution in [0.15, 0.2) is 72.8 Å². The van der Waals surface area contributed by atoms with Crippen molar-refractivity contribution >= 4 is 17.1 Å². The van der Waals surface area contributed by atoms with Gasteiger partial charge in [-0.1, -0.05) is 70.5 Å². The van der Waals surface area contributed by atoms with Crippen LogP contribution in [-0.4, -0.2) is 0 Å². The van der Waals surface area contributed by atoms with Gasteiger partial charge in [-0.25, -0.2) is 0 Å². The Bertz CT molecular complexity index is 844. The summed E-state index contributed by atoms with van der Waals surface area (Å²) in [7, 11) is 0. The molecule has 0 heterocycles. The Hall–Kier alpha value is -2.54. The molecule has 0 aliphatic heterocycles. The first-order chi connectivity index (χ1) is 13.7. The van der Waals surface area contributed by atoms with Crippen LogP contribution in [0.5, 0.6) is 0 Å². The minimum Gasteiger partial charge on any atom is -0.311 e. The van der Waals surface area contributed by atoms with E-state index in [9.17, 15) is 0 Å². The molecule has 0 radical (unpaired) electrons. The standard InChI is InChI=1S/C27H33N/c1-5-8-23-11-17-26(18-12-23)28(25-15-9-22(7-3)10-16-25)27-19-13-24(14-20-27)21(4)6-2/h9-21H,5-8H2,1-4H3. The third-order valence-electron chi connectivity index (χ3n) is 5.67. The van der Waals surface area contributed by atoms with Gasteiger partial charge in [0.1, 0.15) is 0 Å². The highest BCUT2D eigenvalue weighted by Gasteiger charge is 2.13. The van der Waals surface area contributed by atoms with Crippen LogP contribution in [0.3, 0.4) is 0 Å². The van der Waals surface area contributed by atoms with Crippen LogP contribution in [-0.2, 0) is 12.8 Å². The second kappa shape index (κ2) is 9.59. The Labute approximate surface area is 171 Å². The zero-order chi connectivity index (χ0) is 19.9. The number of nitrogens with zero attached hydrogens (tertiary/aromatic N) is 1. The van der Waals surface area contributed by atoms with E-state index in [-0.39, 0.29) is 0 Å². The molecule has 0 saturated heterocycles. The monoisotopic (exact) mass is 371 g/mol. The molecular formula is C27H33N.